The predicted molar refractivity (Wildman–Crippen MR) is 63.2 cm³/mol. The molecular weight excluding hydrogens is 204 g/mol. The summed E-state index contributed by atoms with van der Waals surface area (Å²) in [5, 5.41) is 0. The van der Waals surface area contributed by atoms with Gasteiger partial charge in [-0.1, -0.05) is 24.8 Å². The van der Waals surface area contributed by atoms with Crippen LogP contribution >= 0.6 is 0 Å². The van der Waals surface area contributed by atoms with E-state index in [0.717, 1.165) is 11.3 Å². The molecule has 0 saturated heterocycles. The van der Waals surface area contributed by atoms with Crippen molar-refractivity contribution < 1.29 is 14.3 Å². The first-order valence-corrected chi connectivity index (χ1v) is 4.86. The maximum atomic E-state index is 10.8. The van der Waals surface area contributed by atoms with Gasteiger partial charge in [0, 0.05) is 6.08 Å². The smallest absolute Gasteiger partial charge is 0.330 e. The highest BCUT2D eigenvalue weighted by Crippen LogP contribution is 2.13. The number of ether oxygens (including phenoxy) is 2. The van der Waals surface area contributed by atoms with Crippen molar-refractivity contribution in [2.45, 2.75) is 0 Å². The van der Waals surface area contributed by atoms with E-state index in [0.29, 0.717) is 6.61 Å². The molecule has 3 nitrogen and oxygen atoms in total. The lowest BCUT2D eigenvalue weighted by molar-refractivity contribution is -0.134. The summed E-state index contributed by atoms with van der Waals surface area (Å²) < 4.78 is 9.81. The molecule has 0 aliphatic carbocycles. The van der Waals surface area contributed by atoms with Crippen LogP contribution in [0.3, 0.4) is 0 Å². The Kier molecular flexibility index (Phi) is 4.86. The van der Waals surface area contributed by atoms with Crippen molar-refractivity contribution in [2.24, 2.45) is 0 Å². The summed E-state index contributed by atoms with van der Waals surface area (Å²) >= 11 is 0. The van der Waals surface area contributed by atoms with E-state index in [-0.39, 0.29) is 5.97 Å². The molecule has 0 amide bonds. The summed E-state index contributed by atoms with van der Waals surface area (Å²) in [6, 6.07) is 7.39. The molecule has 0 aromatic heterocycles. The Labute approximate surface area is 95.0 Å². The number of methoxy groups -OCH3 is 1. The third-order valence-electron chi connectivity index (χ3n) is 1.86. The molecule has 0 fully saturated rings. The molecule has 0 bridgehead atoms. The van der Waals surface area contributed by atoms with Gasteiger partial charge >= 0.3 is 5.97 Å². The van der Waals surface area contributed by atoms with Gasteiger partial charge in [0.25, 0.3) is 0 Å². The van der Waals surface area contributed by atoms with Gasteiger partial charge in [-0.2, -0.15) is 0 Å². The quantitative estimate of drug-likeness (QED) is 0.432. The van der Waals surface area contributed by atoms with Gasteiger partial charge in [0.2, 0.25) is 0 Å². The van der Waals surface area contributed by atoms with Gasteiger partial charge in [0.05, 0.1) is 7.11 Å². The fourth-order valence-corrected chi connectivity index (χ4v) is 1.06. The second kappa shape index (κ2) is 6.45. The summed E-state index contributed by atoms with van der Waals surface area (Å²) in [7, 11) is 1.35. The van der Waals surface area contributed by atoms with E-state index < -0.39 is 0 Å². The molecule has 1 aromatic rings. The SMILES string of the molecule is C=CCOc1ccc(C=CC(=O)OC)cc1. The van der Waals surface area contributed by atoms with Crippen molar-refractivity contribution >= 4 is 12.0 Å². The maximum Gasteiger partial charge on any atom is 0.330 e. The van der Waals surface area contributed by atoms with Crippen LogP contribution in [0.2, 0.25) is 0 Å². The van der Waals surface area contributed by atoms with Gasteiger partial charge in [0.1, 0.15) is 12.4 Å². The predicted octanol–water partition coefficient (Wildman–Crippen LogP) is 2.44. The lowest BCUT2D eigenvalue weighted by Crippen LogP contribution is -1.93. The molecule has 0 heterocycles. The Hall–Kier alpha value is -2.03. The second-order valence-electron chi connectivity index (χ2n) is 3.03. The zero-order chi connectivity index (χ0) is 11.8. The normalized spacial score (nSPS) is 10.1. The van der Waals surface area contributed by atoms with Crippen LogP contribution < -0.4 is 4.74 Å². The number of carbonyl (C=O) groups is 1. The first kappa shape index (κ1) is 12.0. The van der Waals surface area contributed by atoms with E-state index in [9.17, 15) is 4.79 Å². The number of hydrogen-bond acceptors (Lipinski definition) is 3. The standard InChI is InChI=1S/C13H14O3/c1-3-10-16-12-7-4-11(5-8-12)6-9-13(14)15-2/h3-9H,1,10H2,2H3. The van der Waals surface area contributed by atoms with E-state index in [1.165, 1.54) is 13.2 Å². The summed E-state index contributed by atoms with van der Waals surface area (Å²) in [6.07, 6.45) is 4.74. The van der Waals surface area contributed by atoms with Crippen LogP contribution in [0.1, 0.15) is 5.56 Å². The van der Waals surface area contributed by atoms with Gasteiger partial charge < -0.3 is 9.47 Å². The second-order valence-corrected chi connectivity index (χ2v) is 3.03. The van der Waals surface area contributed by atoms with Gasteiger partial charge in [-0.3, -0.25) is 0 Å². The Morgan fingerprint density at radius 3 is 2.62 bits per heavy atom. The third-order valence-corrected chi connectivity index (χ3v) is 1.86. The topological polar surface area (TPSA) is 35.5 Å². The number of esters is 1. The molecular formula is C13H14O3. The highest BCUT2D eigenvalue weighted by molar-refractivity contribution is 5.86. The van der Waals surface area contributed by atoms with E-state index in [2.05, 4.69) is 11.3 Å². The molecule has 0 aliphatic heterocycles. The third kappa shape index (κ3) is 4.00. The lowest BCUT2D eigenvalue weighted by Gasteiger charge is -2.02. The average Bonchev–Trinajstić information content (AvgIpc) is 2.34. The van der Waals surface area contributed by atoms with E-state index in [4.69, 9.17) is 4.74 Å². The van der Waals surface area contributed by atoms with Crippen molar-refractivity contribution in [2.75, 3.05) is 13.7 Å². The Morgan fingerprint density at radius 1 is 1.38 bits per heavy atom. The Balaban J connectivity index is 2.60. The van der Waals surface area contributed by atoms with Crippen molar-refractivity contribution in [3.63, 3.8) is 0 Å². The summed E-state index contributed by atoms with van der Waals surface area (Å²) in [5.74, 6) is 0.405. The van der Waals surface area contributed by atoms with Gasteiger partial charge in [0.15, 0.2) is 0 Å². The largest absolute Gasteiger partial charge is 0.490 e. The molecule has 0 N–H and O–H groups in total. The van der Waals surface area contributed by atoms with Crippen LogP contribution in [0.15, 0.2) is 43.0 Å². The molecule has 3 heteroatoms. The van der Waals surface area contributed by atoms with Crippen molar-refractivity contribution in [1.29, 1.82) is 0 Å². The number of carbonyl (C=O) groups excluding carboxylic acids is 1. The van der Waals surface area contributed by atoms with E-state index >= 15 is 0 Å². The lowest BCUT2D eigenvalue weighted by atomic mass is 10.2. The summed E-state index contributed by atoms with van der Waals surface area (Å²) in [5.41, 5.74) is 0.913. The minimum atomic E-state index is -0.369. The summed E-state index contributed by atoms with van der Waals surface area (Å²) in [6.45, 7) is 4.05. The highest BCUT2D eigenvalue weighted by Gasteiger charge is 1.94. The Morgan fingerprint density at radius 2 is 2.06 bits per heavy atom. The minimum Gasteiger partial charge on any atom is -0.490 e. The first-order chi connectivity index (χ1) is 7.76. The highest BCUT2D eigenvalue weighted by atomic mass is 16.5. The molecule has 0 unspecified atom stereocenters. The zero-order valence-electron chi connectivity index (χ0n) is 9.18. The number of benzene rings is 1. The monoisotopic (exact) mass is 218 g/mol. The molecule has 1 aromatic carbocycles. The van der Waals surface area contributed by atoms with E-state index in [1.807, 2.05) is 24.3 Å². The van der Waals surface area contributed by atoms with Gasteiger partial charge in [-0.05, 0) is 23.8 Å². The van der Waals surface area contributed by atoms with Crippen LogP contribution in [0.25, 0.3) is 6.08 Å². The van der Waals surface area contributed by atoms with Gasteiger partial charge in [-0.25, -0.2) is 4.79 Å². The minimum absolute atomic E-state index is 0.369. The van der Waals surface area contributed by atoms with Crippen molar-refractivity contribution in [3.8, 4) is 5.75 Å². The van der Waals surface area contributed by atoms with E-state index in [1.54, 1.807) is 12.2 Å². The molecule has 84 valence electrons. The van der Waals surface area contributed by atoms with Crippen LogP contribution in [-0.2, 0) is 9.53 Å². The molecule has 0 aliphatic rings. The van der Waals surface area contributed by atoms with Crippen molar-refractivity contribution in [1.82, 2.24) is 0 Å². The number of rotatable bonds is 5. The van der Waals surface area contributed by atoms with Gasteiger partial charge in [-0.15, -0.1) is 0 Å². The van der Waals surface area contributed by atoms with Crippen LogP contribution in [0.4, 0.5) is 0 Å². The maximum absolute atomic E-state index is 10.8. The molecule has 0 spiro atoms. The Bertz CT molecular complexity index is 377. The molecule has 0 radical (unpaired) electrons. The van der Waals surface area contributed by atoms with Crippen LogP contribution in [-0.4, -0.2) is 19.7 Å². The summed E-state index contributed by atoms with van der Waals surface area (Å²) in [4.78, 5) is 10.8. The average molecular weight is 218 g/mol. The first-order valence-electron chi connectivity index (χ1n) is 4.86. The molecule has 0 saturated carbocycles. The van der Waals surface area contributed by atoms with Crippen molar-refractivity contribution in [3.05, 3.63) is 48.6 Å². The number of hydrogen-bond donors (Lipinski definition) is 0. The fraction of sp³-hybridized carbons (Fsp3) is 0.154. The van der Waals surface area contributed by atoms with Crippen LogP contribution in [0.5, 0.6) is 5.75 Å². The molecule has 16 heavy (non-hydrogen) atoms. The van der Waals surface area contributed by atoms with Crippen LogP contribution in [0, 0.1) is 0 Å². The molecule has 0 atom stereocenters. The fourth-order valence-electron chi connectivity index (χ4n) is 1.06. The molecule has 1 rings (SSSR count). The zero-order valence-corrected chi connectivity index (χ0v) is 9.18.